The first kappa shape index (κ1) is 22.0. The Bertz CT molecular complexity index is 1340. The Kier molecular flexibility index (Phi) is 6.23. The second-order valence-corrected chi connectivity index (χ2v) is 9.80. The molecule has 0 spiro atoms. The summed E-state index contributed by atoms with van der Waals surface area (Å²) in [6.45, 7) is 3.27. The summed E-state index contributed by atoms with van der Waals surface area (Å²) in [7, 11) is 0. The van der Waals surface area contributed by atoms with Crippen LogP contribution in [0.1, 0.15) is 28.6 Å². The zero-order valence-electron chi connectivity index (χ0n) is 19.0. The van der Waals surface area contributed by atoms with E-state index < -0.39 is 5.41 Å². The summed E-state index contributed by atoms with van der Waals surface area (Å²) < 4.78 is 3.17. The highest BCUT2D eigenvalue weighted by Crippen LogP contribution is 2.32. The molecule has 0 bridgehead atoms. The van der Waals surface area contributed by atoms with Gasteiger partial charge < -0.3 is 9.88 Å². The van der Waals surface area contributed by atoms with E-state index >= 15 is 0 Å². The van der Waals surface area contributed by atoms with Gasteiger partial charge in [-0.3, -0.25) is 4.79 Å². The topological polar surface area (TPSA) is 59.8 Å². The highest BCUT2D eigenvalue weighted by atomic mass is 32.1. The molecule has 5 aromatic rings. The number of para-hydroxylation sites is 1. The van der Waals surface area contributed by atoms with Gasteiger partial charge in [0.15, 0.2) is 0 Å². The number of imidazole rings is 1. The molecule has 1 amide bonds. The van der Waals surface area contributed by atoms with Crippen molar-refractivity contribution in [3.05, 3.63) is 119 Å². The number of hydrogen-bond acceptors (Lipinski definition) is 4. The molecule has 0 saturated carbocycles. The number of nitrogens with one attached hydrogen (secondary N) is 1. The van der Waals surface area contributed by atoms with Crippen molar-refractivity contribution in [1.82, 2.24) is 19.9 Å². The maximum absolute atomic E-state index is 13.6. The minimum Gasteiger partial charge on any atom is -0.351 e. The lowest BCUT2D eigenvalue weighted by molar-refractivity contribution is -0.126. The zero-order chi connectivity index (χ0) is 23.4. The maximum Gasteiger partial charge on any atom is 0.231 e. The van der Waals surface area contributed by atoms with Crippen molar-refractivity contribution < 1.29 is 4.79 Å². The van der Waals surface area contributed by atoms with E-state index in [2.05, 4.69) is 40.6 Å². The van der Waals surface area contributed by atoms with Gasteiger partial charge in [0, 0.05) is 31.9 Å². The summed E-state index contributed by atoms with van der Waals surface area (Å²) in [6, 6.07) is 26.4. The molecule has 0 aliphatic heterocycles. The normalized spacial score (nSPS) is 13.0. The minimum absolute atomic E-state index is 0.000415. The van der Waals surface area contributed by atoms with Crippen LogP contribution >= 0.6 is 11.3 Å². The summed E-state index contributed by atoms with van der Waals surface area (Å²) >= 11 is 1.66. The van der Waals surface area contributed by atoms with Gasteiger partial charge in [-0.05, 0) is 35.7 Å². The van der Waals surface area contributed by atoms with Gasteiger partial charge >= 0.3 is 0 Å². The van der Waals surface area contributed by atoms with Crippen molar-refractivity contribution >= 4 is 27.5 Å². The number of carbonyl (C=O) groups excluding carboxylic acids is 1. The van der Waals surface area contributed by atoms with Crippen LogP contribution in [0.2, 0.25) is 0 Å². The van der Waals surface area contributed by atoms with E-state index in [4.69, 9.17) is 4.98 Å². The first-order chi connectivity index (χ1) is 16.6. The molecule has 2 aromatic heterocycles. The molecule has 2 heterocycles. The highest BCUT2D eigenvalue weighted by Gasteiger charge is 2.36. The summed E-state index contributed by atoms with van der Waals surface area (Å²) in [5, 5.41) is 4.14. The molecule has 0 saturated heterocycles. The first-order valence-electron chi connectivity index (χ1n) is 11.3. The molecule has 170 valence electrons. The van der Waals surface area contributed by atoms with E-state index in [9.17, 15) is 4.79 Å². The smallest absolute Gasteiger partial charge is 0.231 e. The van der Waals surface area contributed by atoms with E-state index in [1.807, 2.05) is 72.5 Å². The lowest BCUT2D eigenvalue weighted by atomic mass is 9.78. The predicted octanol–water partition coefficient (Wildman–Crippen LogP) is 5.36. The fourth-order valence-electron chi connectivity index (χ4n) is 4.15. The Hall–Kier alpha value is -3.77. The third kappa shape index (κ3) is 4.77. The quantitative estimate of drug-likeness (QED) is 0.335. The van der Waals surface area contributed by atoms with Crippen molar-refractivity contribution in [2.45, 2.75) is 31.8 Å². The van der Waals surface area contributed by atoms with Crippen LogP contribution in [0, 0.1) is 0 Å². The molecule has 5 nitrogen and oxygen atoms in total. The lowest BCUT2D eigenvalue weighted by Gasteiger charge is -2.28. The second-order valence-electron chi connectivity index (χ2n) is 8.68. The molecule has 3 aromatic carbocycles. The van der Waals surface area contributed by atoms with Crippen LogP contribution in [0.5, 0.6) is 0 Å². The average molecular weight is 467 g/mol. The van der Waals surface area contributed by atoms with Gasteiger partial charge in [0.25, 0.3) is 0 Å². The molecule has 6 heteroatoms. The molecule has 0 radical (unpaired) electrons. The SMILES string of the molecule is C[C@@](Cc1nc2ccccc2s1)(C(=O)NCc1ccc(Cn2ccnc2)cc1)c1ccccc1. The third-order valence-electron chi connectivity index (χ3n) is 6.16. The Morgan fingerprint density at radius 3 is 2.44 bits per heavy atom. The van der Waals surface area contributed by atoms with Crippen LogP contribution in [-0.4, -0.2) is 20.4 Å². The maximum atomic E-state index is 13.6. The van der Waals surface area contributed by atoms with Crippen molar-refractivity contribution in [2.24, 2.45) is 0 Å². The van der Waals surface area contributed by atoms with Crippen LogP contribution in [-0.2, 0) is 29.7 Å². The van der Waals surface area contributed by atoms with Crippen molar-refractivity contribution in [1.29, 1.82) is 0 Å². The number of aromatic nitrogens is 3. The average Bonchev–Trinajstić information content (AvgIpc) is 3.53. The van der Waals surface area contributed by atoms with Crippen molar-refractivity contribution in [3.63, 3.8) is 0 Å². The van der Waals surface area contributed by atoms with E-state index in [0.29, 0.717) is 13.0 Å². The van der Waals surface area contributed by atoms with E-state index in [0.717, 1.165) is 32.9 Å². The summed E-state index contributed by atoms with van der Waals surface area (Å²) in [5.74, 6) is 0.000415. The van der Waals surface area contributed by atoms with Gasteiger partial charge in [0.2, 0.25) is 5.91 Å². The fraction of sp³-hybridized carbons (Fsp3) is 0.179. The van der Waals surface area contributed by atoms with Gasteiger partial charge in [0.1, 0.15) is 0 Å². The summed E-state index contributed by atoms with van der Waals surface area (Å²) in [4.78, 5) is 22.5. The van der Waals surface area contributed by atoms with Gasteiger partial charge in [-0.2, -0.15) is 0 Å². The molecule has 0 aliphatic rings. The van der Waals surface area contributed by atoms with Gasteiger partial charge in [-0.25, -0.2) is 9.97 Å². The first-order valence-corrected chi connectivity index (χ1v) is 12.1. The van der Waals surface area contributed by atoms with Gasteiger partial charge in [-0.15, -0.1) is 11.3 Å². The number of hydrogen-bond donors (Lipinski definition) is 1. The molecule has 0 aliphatic carbocycles. The Labute approximate surface area is 203 Å². The molecule has 5 rings (SSSR count). The number of carbonyl (C=O) groups is 1. The third-order valence-corrected chi connectivity index (χ3v) is 7.19. The molecule has 0 fully saturated rings. The molecule has 0 unspecified atom stereocenters. The summed E-state index contributed by atoms with van der Waals surface area (Å²) in [6.07, 6.45) is 6.09. The number of thiazole rings is 1. The number of fused-ring (bicyclic) bond motifs is 1. The summed E-state index contributed by atoms with van der Waals surface area (Å²) in [5.41, 5.74) is 3.50. The Morgan fingerprint density at radius 1 is 0.971 bits per heavy atom. The number of nitrogens with zero attached hydrogens (tertiary/aromatic N) is 3. The molecular formula is C28H26N4OS. The standard InChI is InChI=1S/C28H26N4OS/c1-28(23-7-3-2-4-8-23,17-26-31-24-9-5-6-10-25(24)34-26)27(33)30-18-21-11-13-22(14-12-21)19-32-16-15-29-20-32/h2-16,20H,17-19H2,1H3,(H,30,33)/t28-/m0/s1. The largest absolute Gasteiger partial charge is 0.351 e. The molecule has 34 heavy (non-hydrogen) atoms. The zero-order valence-corrected chi connectivity index (χ0v) is 19.8. The van der Waals surface area contributed by atoms with Crippen LogP contribution in [0.15, 0.2) is 97.6 Å². The van der Waals surface area contributed by atoms with Crippen molar-refractivity contribution in [2.75, 3.05) is 0 Å². The molecule has 1 N–H and O–H groups in total. The van der Waals surface area contributed by atoms with Crippen LogP contribution in [0.3, 0.4) is 0 Å². The van der Waals surface area contributed by atoms with Gasteiger partial charge in [0.05, 0.1) is 27.0 Å². The van der Waals surface area contributed by atoms with Gasteiger partial charge in [-0.1, -0.05) is 66.7 Å². The Balaban J connectivity index is 1.32. The van der Waals surface area contributed by atoms with Crippen LogP contribution in [0.4, 0.5) is 0 Å². The minimum atomic E-state index is -0.726. The number of benzene rings is 3. The molecular weight excluding hydrogens is 440 g/mol. The predicted molar refractivity (Wildman–Crippen MR) is 137 cm³/mol. The van der Waals surface area contributed by atoms with Crippen molar-refractivity contribution in [3.8, 4) is 0 Å². The monoisotopic (exact) mass is 466 g/mol. The highest BCUT2D eigenvalue weighted by molar-refractivity contribution is 7.18. The lowest BCUT2D eigenvalue weighted by Crippen LogP contribution is -2.43. The van der Waals surface area contributed by atoms with Crippen LogP contribution < -0.4 is 5.32 Å². The number of rotatable bonds is 8. The Morgan fingerprint density at radius 2 is 1.71 bits per heavy atom. The fourth-order valence-corrected chi connectivity index (χ4v) is 5.27. The van der Waals surface area contributed by atoms with E-state index in [-0.39, 0.29) is 5.91 Å². The molecule has 1 atom stereocenters. The number of amides is 1. The van der Waals surface area contributed by atoms with Crippen LogP contribution in [0.25, 0.3) is 10.2 Å². The van der Waals surface area contributed by atoms with E-state index in [1.54, 1.807) is 17.5 Å². The second kappa shape index (κ2) is 9.61. The van der Waals surface area contributed by atoms with E-state index in [1.165, 1.54) is 5.56 Å².